The Morgan fingerprint density at radius 3 is 2.58 bits per heavy atom. The van der Waals surface area contributed by atoms with E-state index in [9.17, 15) is 10.1 Å². The Labute approximate surface area is 191 Å². The van der Waals surface area contributed by atoms with Crippen LogP contribution in [-0.2, 0) is 11.4 Å². The maximum absolute atomic E-state index is 12.8. The number of carbonyl (C=O) groups is 1. The van der Waals surface area contributed by atoms with Crippen molar-refractivity contribution < 1.29 is 9.53 Å². The number of ketones is 1. The van der Waals surface area contributed by atoms with E-state index in [2.05, 4.69) is 6.07 Å². The molecule has 5 nitrogen and oxygen atoms in total. The third-order valence-corrected chi connectivity index (χ3v) is 6.51. The number of halogens is 2. The van der Waals surface area contributed by atoms with Gasteiger partial charge in [-0.1, -0.05) is 41.4 Å². The second-order valence-corrected chi connectivity index (χ2v) is 8.46. The number of nitrogens with two attached hydrogens (primary N) is 1. The number of carbonyl (C=O) groups excluding carboxylic acids is 1. The second kappa shape index (κ2) is 8.66. The van der Waals surface area contributed by atoms with Gasteiger partial charge in [-0.05, 0) is 48.2 Å². The molecule has 4 rings (SSSR count). The van der Waals surface area contributed by atoms with E-state index < -0.39 is 5.92 Å². The Morgan fingerprint density at radius 2 is 1.90 bits per heavy atom. The molecule has 0 aromatic heterocycles. The summed E-state index contributed by atoms with van der Waals surface area (Å²) in [6.07, 6.45) is 2.07. The molecule has 0 saturated heterocycles. The average Bonchev–Trinajstić information content (AvgIpc) is 2.77. The summed E-state index contributed by atoms with van der Waals surface area (Å²) in [5.74, 6) is 0.703. The molecule has 7 heteroatoms. The minimum absolute atomic E-state index is 0.0818. The van der Waals surface area contributed by atoms with Crippen LogP contribution in [0, 0.1) is 11.3 Å². The molecule has 158 valence electrons. The fourth-order valence-corrected chi connectivity index (χ4v) is 4.47. The van der Waals surface area contributed by atoms with E-state index in [-0.39, 0.29) is 5.78 Å². The third-order valence-electron chi connectivity index (χ3n) is 5.77. The van der Waals surface area contributed by atoms with Gasteiger partial charge in [-0.25, -0.2) is 0 Å². The highest BCUT2D eigenvalue weighted by Crippen LogP contribution is 2.44. The molecule has 0 bridgehead atoms. The van der Waals surface area contributed by atoms with Gasteiger partial charge in [0, 0.05) is 24.7 Å². The molecule has 0 amide bonds. The zero-order valence-electron chi connectivity index (χ0n) is 17.0. The molecule has 0 radical (unpaired) electrons. The first kappa shape index (κ1) is 21.3. The van der Waals surface area contributed by atoms with Crippen molar-refractivity contribution in [2.75, 3.05) is 7.05 Å². The summed E-state index contributed by atoms with van der Waals surface area (Å²) < 4.78 is 5.86. The summed E-state index contributed by atoms with van der Waals surface area (Å²) in [6, 6.07) is 15.0. The molecule has 1 atom stereocenters. The number of allylic oxidation sites excluding steroid dienone is 3. The van der Waals surface area contributed by atoms with E-state index >= 15 is 0 Å². The van der Waals surface area contributed by atoms with Crippen LogP contribution in [0.4, 0.5) is 0 Å². The molecule has 1 aliphatic heterocycles. The average molecular weight is 454 g/mol. The summed E-state index contributed by atoms with van der Waals surface area (Å²) in [4.78, 5) is 14.6. The predicted molar refractivity (Wildman–Crippen MR) is 120 cm³/mol. The highest BCUT2D eigenvalue weighted by Gasteiger charge is 2.38. The first-order valence-corrected chi connectivity index (χ1v) is 10.7. The van der Waals surface area contributed by atoms with Crippen LogP contribution in [0.25, 0.3) is 0 Å². The van der Waals surface area contributed by atoms with Crippen LogP contribution in [0.15, 0.2) is 65.1 Å². The van der Waals surface area contributed by atoms with Crippen LogP contribution < -0.4 is 10.5 Å². The Hall–Kier alpha value is -2.94. The number of rotatable bonds is 4. The molecular weight excluding hydrogens is 433 g/mol. The summed E-state index contributed by atoms with van der Waals surface area (Å²) in [7, 11) is 1.82. The molecule has 0 spiro atoms. The van der Waals surface area contributed by atoms with E-state index in [1.54, 1.807) is 17.0 Å². The van der Waals surface area contributed by atoms with E-state index in [1.807, 2.05) is 37.4 Å². The van der Waals surface area contributed by atoms with Crippen molar-refractivity contribution in [2.24, 2.45) is 5.73 Å². The Bertz CT molecular complexity index is 1150. The molecule has 2 N–H and O–H groups in total. The fourth-order valence-electron chi connectivity index (χ4n) is 4.15. The number of benzene rings is 2. The molecule has 0 saturated carbocycles. The van der Waals surface area contributed by atoms with E-state index in [0.29, 0.717) is 45.8 Å². The van der Waals surface area contributed by atoms with Crippen LogP contribution in [0.3, 0.4) is 0 Å². The predicted octanol–water partition coefficient (Wildman–Crippen LogP) is 5.30. The van der Waals surface area contributed by atoms with Crippen molar-refractivity contribution >= 4 is 29.0 Å². The highest BCUT2D eigenvalue weighted by molar-refractivity contribution is 6.42. The van der Waals surface area contributed by atoms with Crippen molar-refractivity contribution in [1.29, 1.82) is 5.26 Å². The number of nitrogens with zero attached hydrogens (tertiary/aromatic N) is 2. The molecule has 0 unspecified atom stereocenters. The summed E-state index contributed by atoms with van der Waals surface area (Å²) in [5.41, 5.74) is 10.0. The smallest absolute Gasteiger partial charge is 0.161 e. The fraction of sp³-hybridized carbons (Fsp3) is 0.250. The lowest BCUT2D eigenvalue weighted by molar-refractivity contribution is -0.116. The molecule has 31 heavy (non-hydrogen) atoms. The largest absolute Gasteiger partial charge is 0.489 e. The number of Topliss-reactive ketones (excluding diaryl/α,β-unsaturated/α-hetero) is 1. The maximum Gasteiger partial charge on any atom is 0.161 e. The highest BCUT2D eigenvalue weighted by atomic mass is 35.5. The van der Waals surface area contributed by atoms with Crippen molar-refractivity contribution in [3.8, 4) is 11.8 Å². The molecule has 2 aromatic carbocycles. The maximum atomic E-state index is 12.8. The number of hydrogen-bond acceptors (Lipinski definition) is 5. The van der Waals surface area contributed by atoms with Gasteiger partial charge in [0.2, 0.25) is 0 Å². The molecule has 2 aliphatic rings. The van der Waals surface area contributed by atoms with E-state index in [0.717, 1.165) is 29.7 Å². The summed E-state index contributed by atoms with van der Waals surface area (Å²) >= 11 is 12.0. The van der Waals surface area contributed by atoms with Gasteiger partial charge in [0.25, 0.3) is 0 Å². The topological polar surface area (TPSA) is 79.3 Å². The summed E-state index contributed by atoms with van der Waals surface area (Å²) in [6.45, 7) is 0.342. The minimum Gasteiger partial charge on any atom is -0.489 e. The number of hydrogen-bond donors (Lipinski definition) is 1. The lowest BCUT2D eigenvalue weighted by atomic mass is 9.76. The van der Waals surface area contributed by atoms with Crippen molar-refractivity contribution in [3.05, 3.63) is 86.3 Å². The van der Waals surface area contributed by atoms with Gasteiger partial charge >= 0.3 is 0 Å². The molecular formula is C24H21Cl2N3O2. The third kappa shape index (κ3) is 4.01. The summed E-state index contributed by atoms with van der Waals surface area (Å²) in [5, 5.41) is 10.8. The molecule has 1 heterocycles. The zero-order chi connectivity index (χ0) is 22.1. The normalized spacial score (nSPS) is 18.7. The van der Waals surface area contributed by atoms with Crippen LogP contribution >= 0.6 is 23.2 Å². The lowest BCUT2D eigenvalue weighted by Gasteiger charge is -2.37. The lowest BCUT2D eigenvalue weighted by Crippen LogP contribution is -2.36. The Kier molecular flexibility index (Phi) is 5.95. The zero-order valence-corrected chi connectivity index (χ0v) is 18.5. The van der Waals surface area contributed by atoms with Crippen LogP contribution in [0.5, 0.6) is 5.75 Å². The number of nitriles is 1. The van der Waals surface area contributed by atoms with Gasteiger partial charge in [0.1, 0.15) is 18.2 Å². The van der Waals surface area contributed by atoms with Crippen molar-refractivity contribution in [1.82, 2.24) is 4.90 Å². The van der Waals surface area contributed by atoms with E-state index in [4.69, 9.17) is 33.7 Å². The first-order chi connectivity index (χ1) is 14.9. The Balaban J connectivity index is 1.61. The van der Waals surface area contributed by atoms with Crippen LogP contribution in [0.2, 0.25) is 10.0 Å². The first-order valence-electron chi connectivity index (χ1n) is 9.97. The second-order valence-electron chi connectivity index (χ2n) is 7.65. The minimum atomic E-state index is -0.451. The molecule has 1 aliphatic carbocycles. The van der Waals surface area contributed by atoms with Gasteiger partial charge in [0.15, 0.2) is 5.78 Å². The molecule has 0 fully saturated rings. The van der Waals surface area contributed by atoms with Gasteiger partial charge in [-0.3, -0.25) is 4.79 Å². The van der Waals surface area contributed by atoms with E-state index in [1.165, 1.54) is 0 Å². The van der Waals surface area contributed by atoms with Gasteiger partial charge < -0.3 is 15.4 Å². The SMILES string of the molecule is CN1C(N)=C(C#N)[C@H](c2ccc(OCc3ccc(Cl)c(Cl)c3)cc2)C2=C1CCCC2=O. The molecule has 2 aromatic rings. The standard InChI is InChI=1S/C24H21Cl2N3O2/c1-29-20-3-2-4-21(30)23(20)22(17(12-27)24(29)28)15-6-8-16(9-7-15)31-13-14-5-10-18(25)19(26)11-14/h5-11,22H,2-4,13,28H2,1H3/t22-/m0/s1. The van der Waals surface area contributed by atoms with Crippen LogP contribution in [-0.4, -0.2) is 17.7 Å². The quantitative estimate of drug-likeness (QED) is 0.678. The van der Waals surface area contributed by atoms with Crippen molar-refractivity contribution in [2.45, 2.75) is 31.8 Å². The monoisotopic (exact) mass is 453 g/mol. The van der Waals surface area contributed by atoms with Crippen molar-refractivity contribution in [3.63, 3.8) is 0 Å². The van der Waals surface area contributed by atoms with Gasteiger partial charge in [0.05, 0.1) is 27.6 Å². The van der Waals surface area contributed by atoms with Gasteiger partial charge in [-0.2, -0.15) is 5.26 Å². The number of ether oxygens (including phenoxy) is 1. The van der Waals surface area contributed by atoms with Gasteiger partial charge in [-0.15, -0.1) is 0 Å². The Morgan fingerprint density at radius 1 is 1.16 bits per heavy atom. The van der Waals surface area contributed by atoms with Crippen LogP contribution in [0.1, 0.15) is 36.3 Å².